The van der Waals surface area contributed by atoms with Gasteiger partial charge in [0.2, 0.25) is 5.95 Å². The molecule has 1 unspecified atom stereocenters. The summed E-state index contributed by atoms with van der Waals surface area (Å²) in [5, 5.41) is 3.50. The summed E-state index contributed by atoms with van der Waals surface area (Å²) in [5.74, 6) is 0.916. The molecule has 2 aromatic rings. The number of nitrogens with zero attached hydrogens (tertiary/aromatic N) is 2. The van der Waals surface area contributed by atoms with Crippen molar-refractivity contribution in [3.05, 3.63) is 24.3 Å². The summed E-state index contributed by atoms with van der Waals surface area (Å²) in [6, 6.07) is 8.17. The van der Waals surface area contributed by atoms with Crippen LogP contribution >= 0.6 is 0 Å². The fourth-order valence-corrected chi connectivity index (χ4v) is 2.29. The largest absolute Gasteiger partial charge is 0.379 e. The van der Waals surface area contributed by atoms with Crippen molar-refractivity contribution in [2.45, 2.75) is 18.9 Å². The number of nitrogens with one attached hydrogen (secondary N) is 1. The van der Waals surface area contributed by atoms with Crippen LogP contribution in [0.15, 0.2) is 24.3 Å². The zero-order valence-electron chi connectivity index (χ0n) is 10.2. The van der Waals surface area contributed by atoms with Crippen LogP contribution < -0.4 is 5.32 Å². The van der Waals surface area contributed by atoms with Crippen LogP contribution in [0.1, 0.15) is 13.3 Å². The summed E-state index contributed by atoms with van der Waals surface area (Å²) >= 11 is 0. The van der Waals surface area contributed by atoms with Crippen LogP contribution in [0.5, 0.6) is 0 Å². The minimum atomic E-state index is 0.00906. The molecule has 1 saturated heterocycles. The minimum Gasteiger partial charge on any atom is -0.379 e. The molecule has 3 rings (SSSR count). The third kappa shape index (κ3) is 1.78. The van der Waals surface area contributed by atoms with Gasteiger partial charge in [-0.05, 0) is 25.5 Å². The van der Waals surface area contributed by atoms with E-state index in [9.17, 15) is 0 Å². The van der Waals surface area contributed by atoms with Crippen LogP contribution in [-0.2, 0) is 11.8 Å². The first-order valence-corrected chi connectivity index (χ1v) is 5.95. The Hall–Kier alpha value is -1.55. The molecule has 1 atom stereocenters. The van der Waals surface area contributed by atoms with E-state index < -0.39 is 0 Å². The van der Waals surface area contributed by atoms with Crippen molar-refractivity contribution in [1.29, 1.82) is 0 Å². The van der Waals surface area contributed by atoms with Gasteiger partial charge in [-0.1, -0.05) is 12.1 Å². The van der Waals surface area contributed by atoms with E-state index in [0.717, 1.165) is 36.6 Å². The highest BCUT2D eigenvalue weighted by molar-refractivity contribution is 5.78. The zero-order valence-corrected chi connectivity index (χ0v) is 10.2. The van der Waals surface area contributed by atoms with Crippen molar-refractivity contribution in [1.82, 2.24) is 9.55 Å². The van der Waals surface area contributed by atoms with Crippen molar-refractivity contribution in [3.63, 3.8) is 0 Å². The highest BCUT2D eigenvalue weighted by Gasteiger charge is 2.30. The molecule has 0 bridgehead atoms. The van der Waals surface area contributed by atoms with Crippen molar-refractivity contribution in [3.8, 4) is 0 Å². The molecule has 4 nitrogen and oxygen atoms in total. The number of benzene rings is 1. The molecule has 0 radical (unpaired) electrons. The Balaban J connectivity index is 1.97. The molecule has 2 heterocycles. The first-order valence-electron chi connectivity index (χ1n) is 5.95. The Morgan fingerprint density at radius 3 is 2.94 bits per heavy atom. The molecule has 1 fully saturated rings. The average Bonchev–Trinajstić information content (AvgIpc) is 2.86. The number of imidazole rings is 1. The maximum Gasteiger partial charge on any atom is 0.204 e. The Labute approximate surface area is 101 Å². The van der Waals surface area contributed by atoms with Crippen molar-refractivity contribution >= 4 is 17.0 Å². The predicted molar refractivity (Wildman–Crippen MR) is 68.2 cm³/mol. The molecule has 0 spiro atoms. The summed E-state index contributed by atoms with van der Waals surface area (Å²) in [7, 11) is 2.04. The van der Waals surface area contributed by atoms with Gasteiger partial charge < -0.3 is 14.6 Å². The minimum absolute atomic E-state index is 0.00906. The molecule has 0 saturated carbocycles. The van der Waals surface area contributed by atoms with Crippen LogP contribution in [-0.4, -0.2) is 28.3 Å². The van der Waals surface area contributed by atoms with Crippen LogP contribution in [0.2, 0.25) is 0 Å². The first kappa shape index (κ1) is 10.6. The number of fused-ring (bicyclic) bond motifs is 1. The highest BCUT2D eigenvalue weighted by atomic mass is 16.5. The Morgan fingerprint density at radius 1 is 1.41 bits per heavy atom. The smallest absolute Gasteiger partial charge is 0.204 e. The van der Waals surface area contributed by atoms with Gasteiger partial charge in [0.05, 0.1) is 23.2 Å². The highest BCUT2D eigenvalue weighted by Crippen LogP contribution is 2.25. The van der Waals surface area contributed by atoms with Crippen molar-refractivity contribution < 1.29 is 4.74 Å². The fourth-order valence-electron chi connectivity index (χ4n) is 2.29. The van der Waals surface area contributed by atoms with E-state index in [1.165, 1.54) is 0 Å². The predicted octanol–water partition coefficient (Wildman–Crippen LogP) is 2.16. The summed E-state index contributed by atoms with van der Waals surface area (Å²) in [6.45, 7) is 3.75. The van der Waals surface area contributed by atoms with E-state index in [1.807, 2.05) is 25.2 Å². The summed E-state index contributed by atoms with van der Waals surface area (Å²) < 4.78 is 7.54. The first-order chi connectivity index (χ1) is 8.18. The lowest BCUT2D eigenvalue weighted by atomic mass is 10.0. The molecule has 1 aromatic carbocycles. The molecule has 0 amide bonds. The van der Waals surface area contributed by atoms with Crippen LogP contribution in [0.3, 0.4) is 0 Å². The second kappa shape index (κ2) is 3.74. The van der Waals surface area contributed by atoms with E-state index in [1.54, 1.807) is 0 Å². The number of anilines is 1. The lowest BCUT2D eigenvalue weighted by molar-refractivity contribution is 0.185. The molecule has 0 aliphatic carbocycles. The quantitative estimate of drug-likeness (QED) is 0.861. The maximum absolute atomic E-state index is 5.45. The van der Waals surface area contributed by atoms with Crippen molar-refractivity contribution in [2.75, 3.05) is 18.5 Å². The van der Waals surface area contributed by atoms with E-state index >= 15 is 0 Å². The number of aryl methyl sites for hydroxylation is 1. The van der Waals surface area contributed by atoms with Gasteiger partial charge in [0.25, 0.3) is 0 Å². The van der Waals surface area contributed by atoms with E-state index in [2.05, 4.69) is 27.9 Å². The Morgan fingerprint density at radius 2 is 2.24 bits per heavy atom. The molecular formula is C13H17N3O. The topological polar surface area (TPSA) is 39.1 Å². The van der Waals surface area contributed by atoms with Crippen molar-refractivity contribution in [2.24, 2.45) is 7.05 Å². The van der Waals surface area contributed by atoms with Crippen LogP contribution in [0.25, 0.3) is 11.0 Å². The fraction of sp³-hybridized carbons (Fsp3) is 0.462. The molecule has 1 aromatic heterocycles. The van der Waals surface area contributed by atoms with Gasteiger partial charge in [-0.2, -0.15) is 0 Å². The number of rotatable bonds is 2. The monoisotopic (exact) mass is 231 g/mol. The summed E-state index contributed by atoms with van der Waals surface area (Å²) in [4.78, 5) is 4.62. The lowest BCUT2D eigenvalue weighted by Crippen LogP contribution is -2.36. The maximum atomic E-state index is 5.45. The number of aromatic nitrogens is 2. The van der Waals surface area contributed by atoms with Gasteiger partial charge in [0.1, 0.15) is 0 Å². The lowest BCUT2D eigenvalue weighted by Gasteiger charge is -2.24. The van der Waals surface area contributed by atoms with E-state index in [0.29, 0.717) is 0 Å². The molecular weight excluding hydrogens is 214 g/mol. The summed E-state index contributed by atoms with van der Waals surface area (Å²) in [6.07, 6.45) is 1.02. The Bertz CT molecular complexity index is 541. The normalized spacial score (nSPS) is 24.4. The zero-order chi connectivity index (χ0) is 11.9. The van der Waals surface area contributed by atoms with E-state index in [4.69, 9.17) is 4.74 Å². The van der Waals surface area contributed by atoms with Gasteiger partial charge in [-0.15, -0.1) is 0 Å². The second-order valence-corrected chi connectivity index (χ2v) is 4.97. The van der Waals surface area contributed by atoms with E-state index in [-0.39, 0.29) is 5.54 Å². The Kier molecular flexibility index (Phi) is 2.33. The molecule has 1 N–H and O–H groups in total. The van der Waals surface area contributed by atoms with Gasteiger partial charge in [0.15, 0.2) is 0 Å². The number of hydrogen-bond acceptors (Lipinski definition) is 3. The van der Waals surface area contributed by atoms with Crippen LogP contribution in [0, 0.1) is 0 Å². The molecule has 1 aliphatic heterocycles. The van der Waals surface area contributed by atoms with Gasteiger partial charge in [0, 0.05) is 13.7 Å². The SMILES string of the molecule is Cn1c(NC2(C)CCOC2)nc2ccccc21. The molecule has 4 heteroatoms. The number of ether oxygens (including phenoxy) is 1. The molecule has 90 valence electrons. The van der Waals surface area contributed by atoms with Gasteiger partial charge >= 0.3 is 0 Å². The van der Waals surface area contributed by atoms with Crippen LogP contribution in [0.4, 0.5) is 5.95 Å². The summed E-state index contributed by atoms with van der Waals surface area (Å²) in [5.41, 5.74) is 2.19. The third-order valence-corrected chi connectivity index (χ3v) is 3.42. The molecule has 1 aliphatic rings. The number of para-hydroxylation sites is 2. The number of hydrogen-bond donors (Lipinski definition) is 1. The third-order valence-electron chi connectivity index (χ3n) is 3.42. The van der Waals surface area contributed by atoms with Gasteiger partial charge in [-0.25, -0.2) is 4.98 Å². The molecule has 17 heavy (non-hydrogen) atoms. The van der Waals surface area contributed by atoms with Gasteiger partial charge in [-0.3, -0.25) is 0 Å². The standard InChI is InChI=1S/C13H17N3O/c1-13(7-8-17-9-13)15-12-14-10-5-3-4-6-11(10)16(12)2/h3-6H,7-9H2,1-2H3,(H,14,15). The average molecular weight is 231 g/mol. The second-order valence-electron chi connectivity index (χ2n) is 4.97.